The van der Waals surface area contributed by atoms with E-state index in [4.69, 9.17) is 5.73 Å². The summed E-state index contributed by atoms with van der Waals surface area (Å²) < 4.78 is 0. The summed E-state index contributed by atoms with van der Waals surface area (Å²) in [4.78, 5) is 13.5. The summed E-state index contributed by atoms with van der Waals surface area (Å²) in [6.45, 7) is 1.58. The third kappa shape index (κ3) is 1.52. The van der Waals surface area contributed by atoms with Crippen LogP contribution in [0.3, 0.4) is 0 Å². The lowest BCUT2D eigenvalue weighted by atomic mass is 9.77. The number of amides is 1. The highest BCUT2D eigenvalue weighted by Crippen LogP contribution is 2.35. The second-order valence-electron chi connectivity index (χ2n) is 4.86. The second-order valence-corrected chi connectivity index (χ2v) is 4.86. The van der Waals surface area contributed by atoms with Crippen LogP contribution in [0.5, 0.6) is 0 Å². The molecule has 84 valence electrons. The quantitative estimate of drug-likeness (QED) is 0.798. The Morgan fingerprint density at radius 2 is 2.12 bits per heavy atom. The summed E-state index contributed by atoms with van der Waals surface area (Å²) in [6, 6.07) is 8.53. The van der Waals surface area contributed by atoms with Crippen molar-refractivity contribution >= 4 is 5.91 Å². The Morgan fingerprint density at radius 3 is 2.81 bits per heavy atom. The molecule has 1 aromatic carbocycles. The predicted molar refractivity (Wildman–Crippen MR) is 62.1 cm³/mol. The Kier molecular flexibility index (Phi) is 2.21. The minimum atomic E-state index is 0.0443. The van der Waals surface area contributed by atoms with Gasteiger partial charge in [-0.1, -0.05) is 24.3 Å². The van der Waals surface area contributed by atoms with Gasteiger partial charge in [-0.2, -0.15) is 0 Å². The summed E-state index contributed by atoms with van der Waals surface area (Å²) in [5, 5.41) is 0. The van der Waals surface area contributed by atoms with E-state index in [1.807, 2.05) is 4.90 Å². The van der Waals surface area contributed by atoms with Gasteiger partial charge in [0.1, 0.15) is 0 Å². The molecule has 1 amide bonds. The van der Waals surface area contributed by atoms with Gasteiger partial charge < -0.3 is 10.6 Å². The number of nitrogens with zero attached hydrogens (tertiary/aromatic N) is 1. The van der Waals surface area contributed by atoms with Gasteiger partial charge in [-0.15, -0.1) is 0 Å². The molecule has 1 aliphatic heterocycles. The van der Waals surface area contributed by atoms with E-state index in [1.165, 1.54) is 11.1 Å². The molecule has 1 fully saturated rings. The molecule has 1 heterocycles. The van der Waals surface area contributed by atoms with Crippen molar-refractivity contribution in [2.75, 3.05) is 13.1 Å². The maximum Gasteiger partial charge on any atom is 0.224 e. The van der Waals surface area contributed by atoms with E-state index in [9.17, 15) is 4.79 Å². The third-order valence-electron chi connectivity index (χ3n) is 3.65. The number of carbonyl (C=O) groups is 1. The zero-order valence-electron chi connectivity index (χ0n) is 9.23. The molecule has 1 aliphatic carbocycles. The molecule has 0 bridgehead atoms. The molecule has 1 aromatic rings. The molecular weight excluding hydrogens is 200 g/mol. The lowest BCUT2D eigenvalue weighted by molar-refractivity contribution is -0.128. The largest absolute Gasteiger partial charge is 0.340 e. The molecule has 2 aliphatic rings. The molecule has 16 heavy (non-hydrogen) atoms. The van der Waals surface area contributed by atoms with E-state index in [1.54, 1.807) is 0 Å². The van der Waals surface area contributed by atoms with E-state index in [0.717, 1.165) is 19.5 Å². The molecule has 0 saturated carbocycles. The van der Waals surface area contributed by atoms with Crippen molar-refractivity contribution in [3.05, 3.63) is 35.4 Å². The smallest absolute Gasteiger partial charge is 0.224 e. The van der Waals surface area contributed by atoms with Crippen LogP contribution >= 0.6 is 0 Å². The van der Waals surface area contributed by atoms with Crippen LogP contribution in [-0.4, -0.2) is 29.9 Å². The van der Waals surface area contributed by atoms with Crippen molar-refractivity contribution in [2.24, 2.45) is 5.73 Å². The molecule has 0 aromatic heterocycles. The lowest BCUT2D eigenvalue weighted by Gasteiger charge is -2.33. The minimum absolute atomic E-state index is 0.0443. The van der Waals surface area contributed by atoms with Crippen LogP contribution in [0.25, 0.3) is 0 Å². The van der Waals surface area contributed by atoms with Crippen molar-refractivity contribution in [2.45, 2.75) is 24.8 Å². The summed E-state index contributed by atoms with van der Waals surface area (Å²) in [5.74, 6) is 0.752. The number of likely N-dealkylation sites (tertiary alicyclic amines) is 1. The number of hydrogen-bond donors (Lipinski definition) is 1. The van der Waals surface area contributed by atoms with E-state index in [-0.39, 0.29) is 11.9 Å². The van der Waals surface area contributed by atoms with Gasteiger partial charge in [-0.3, -0.25) is 4.79 Å². The molecule has 3 rings (SSSR count). The minimum Gasteiger partial charge on any atom is -0.340 e. The van der Waals surface area contributed by atoms with Crippen LogP contribution in [0.4, 0.5) is 0 Å². The van der Waals surface area contributed by atoms with Gasteiger partial charge in [-0.05, 0) is 17.5 Å². The second kappa shape index (κ2) is 3.59. The van der Waals surface area contributed by atoms with Gasteiger partial charge in [0.05, 0.1) is 0 Å². The van der Waals surface area contributed by atoms with E-state index < -0.39 is 0 Å². The fourth-order valence-electron chi connectivity index (χ4n) is 2.77. The normalized spacial score (nSPS) is 27.8. The first-order chi connectivity index (χ1) is 7.74. The van der Waals surface area contributed by atoms with Gasteiger partial charge in [-0.25, -0.2) is 0 Å². The Bertz CT molecular complexity index is 430. The molecule has 3 heteroatoms. The lowest BCUT2D eigenvalue weighted by Crippen LogP contribution is -2.35. The van der Waals surface area contributed by atoms with Gasteiger partial charge in [0.15, 0.2) is 0 Å². The van der Waals surface area contributed by atoms with Gasteiger partial charge in [0, 0.05) is 31.5 Å². The van der Waals surface area contributed by atoms with Crippen LogP contribution < -0.4 is 5.73 Å². The summed E-state index contributed by atoms with van der Waals surface area (Å²) in [6.07, 6.45) is 1.63. The summed E-state index contributed by atoms with van der Waals surface area (Å²) >= 11 is 0. The van der Waals surface area contributed by atoms with Crippen LogP contribution in [0.15, 0.2) is 24.3 Å². The Morgan fingerprint density at radius 1 is 1.31 bits per heavy atom. The number of carbonyl (C=O) groups excluding carboxylic acids is 1. The number of nitrogens with two attached hydrogens (primary N) is 1. The number of rotatable bonds is 2. The maximum absolute atomic E-state index is 11.6. The predicted octanol–water partition coefficient (Wildman–Crippen LogP) is 0.886. The maximum atomic E-state index is 11.6. The van der Waals surface area contributed by atoms with Crippen molar-refractivity contribution < 1.29 is 4.79 Å². The standard InChI is InChI=1S/C13H16N2O/c14-11-6-13(16)15(8-11)7-10-5-9-3-1-2-4-12(9)10/h1-4,10-11H,5-8,14H2. The Labute approximate surface area is 95.2 Å². The first kappa shape index (κ1) is 9.85. The molecule has 2 atom stereocenters. The molecular formula is C13H16N2O. The van der Waals surface area contributed by atoms with E-state index in [0.29, 0.717) is 12.3 Å². The fraction of sp³-hybridized carbons (Fsp3) is 0.462. The molecule has 2 unspecified atom stereocenters. The molecule has 0 radical (unpaired) electrons. The molecule has 0 spiro atoms. The van der Waals surface area contributed by atoms with Crippen molar-refractivity contribution in [3.8, 4) is 0 Å². The van der Waals surface area contributed by atoms with Gasteiger partial charge in [0.25, 0.3) is 0 Å². The number of hydrogen-bond acceptors (Lipinski definition) is 2. The van der Waals surface area contributed by atoms with Crippen molar-refractivity contribution in [1.29, 1.82) is 0 Å². The molecule has 2 N–H and O–H groups in total. The van der Waals surface area contributed by atoms with Crippen LogP contribution in [-0.2, 0) is 11.2 Å². The highest BCUT2D eigenvalue weighted by atomic mass is 16.2. The molecule has 1 saturated heterocycles. The average molecular weight is 216 g/mol. The summed E-state index contributed by atoms with van der Waals surface area (Å²) in [7, 11) is 0. The van der Waals surface area contributed by atoms with Crippen molar-refractivity contribution in [3.63, 3.8) is 0 Å². The summed E-state index contributed by atoms with van der Waals surface area (Å²) in [5.41, 5.74) is 8.63. The first-order valence-electron chi connectivity index (χ1n) is 5.85. The van der Waals surface area contributed by atoms with Crippen LogP contribution in [0, 0.1) is 0 Å². The Hall–Kier alpha value is -1.35. The highest BCUT2D eigenvalue weighted by molar-refractivity contribution is 5.79. The van der Waals surface area contributed by atoms with Crippen LogP contribution in [0.1, 0.15) is 23.5 Å². The SMILES string of the molecule is NC1CC(=O)N(CC2Cc3ccccc32)C1. The van der Waals surface area contributed by atoms with Gasteiger partial charge >= 0.3 is 0 Å². The number of fused-ring (bicyclic) bond motifs is 1. The molecule has 3 nitrogen and oxygen atoms in total. The third-order valence-corrected chi connectivity index (χ3v) is 3.65. The fourth-order valence-corrected chi connectivity index (χ4v) is 2.77. The zero-order valence-corrected chi connectivity index (χ0v) is 9.23. The van der Waals surface area contributed by atoms with E-state index in [2.05, 4.69) is 24.3 Å². The average Bonchev–Trinajstić information content (AvgIpc) is 2.54. The monoisotopic (exact) mass is 216 g/mol. The topological polar surface area (TPSA) is 46.3 Å². The van der Waals surface area contributed by atoms with Gasteiger partial charge in [0.2, 0.25) is 5.91 Å². The van der Waals surface area contributed by atoms with E-state index >= 15 is 0 Å². The zero-order chi connectivity index (χ0) is 11.1. The first-order valence-corrected chi connectivity index (χ1v) is 5.85. The highest BCUT2D eigenvalue weighted by Gasteiger charge is 2.33. The Balaban J connectivity index is 1.68. The van der Waals surface area contributed by atoms with Crippen molar-refractivity contribution in [1.82, 2.24) is 4.90 Å². The van der Waals surface area contributed by atoms with Crippen LogP contribution in [0.2, 0.25) is 0 Å². The number of benzene rings is 1.